The Labute approximate surface area is 100 Å². The quantitative estimate of drug-likeness (QED) is 0.653. The van der Waals surface area contributed by atoms with Crippen LogP contribution in [0.1, 0.15) is 50.7 Å². The van der Waals surface area contributed by atoms with Gasteiger partial charge in [-0.2, -0.15) is 0 Å². The van der Waals surface area contributed by atoms with Gasteiger partial charge in [0, 0.05) is 6.54 Å². The highest BCUT2D eigenvalue weighted by Crippen LogP contribution is 2.08. The highest BCUT2D eigenvalue weighted by molar-refractivity contribution is 5.26. The number of nitrogens with one attached hydrogen (secondary N) is 1. The second-order valence-electron chi connectivity index (χ2n) is 4.36. The molecule has 0 saturated carbocycles. The Kier molecular flexibility index (Phi) is 6.91. The lowest BCUT2D eigenvalue weighted by Gasteiger charge is -2.08. The summed E-state index contributed by atoms with van der Waals surface area (Å²) in [5.41, 5.74) is 2.93. The highest BCUT2D eigenvalue weighted by Gasteiger charge is 1.98. The molecule has 0 unspecified atom stereocenters. The van der Waals surface area contributed by atoms with E-state index in [0.717, 1.165) is 19.5 Å². The Morgan fingerprint density at radius 1 is 0.938 bits per heavy atom. The Morgan fingerprint density at radius 3 is 2.38 bits per heavy atom. The Bertz CT molecular complexity index is 281. The predicted molar refractivity (Wildman–Crippen MR) is 71.7 cm³/mol. The summed E-state index contributed by atoms with van der Waals surface area (Å²) in [5.74, 6) is 0. The number of unbranched alkanes of at least 4 members (excludes halogenated alkanes) is 3. The van der Waals surface area contributed by atoms with Gasteiger partial charge in [-0.05, 0) is 30.5 Å². The fourth-order valence-corrected chi connectivity index (χ4v) is 1.97. The van der Waals surface area contributed by atoms with Crippen LogP contribution in [0.3, 0.4) is 0 Å². The molecule has 1 aromatic rings. The first-order chi connectivity index (χ1) is 7.88. The molecule has 0 radical (unpaired) electrons. The monoisotopic (exact) mass is 219 g/mol. The third-order valence-corrected chi connectivity index (χ3v) is 3.02. The van der Waals surface area contributed by atoms with Gasteiger partial charge in [-0.15, -0.1) is 0 Å². The maximum Gasteiger partial charge on any atom is 0.0208 e. The van der Waals surface area contributed by atoms with E-state index < -0.39 is 0 Å². The fraction of sp³-hybridized carbons (Fsp3) is 0.600. The predicted octanol–water partition coefficient (Wildman–Crippen LogP) is 3.92. The van der Waals surface area contributed by atoms with Gasteiger partial charge < -0.3 is 5.32 Å². The van der Waals surface area contributed by atoms with Crippen LogP contribution >= 0.6 is 0 Å². The third-order valence-electron chi connectivity index (χ3n) is 3.02. The van der Waals surface area contributed by atoms with E-state index in [0.29, 0.717) is 0 Å². The van der Waals surface area contributed by atoms with Gasteiger partial charge in [0.05, 0.1) is 0 Å². The molecule has 0 fully saturated rings. The standard InChI is InChI=1S/C15H25N/c1-3-5-6-9-12-16-13-15-11-8-7-10-14(15)4-2/h7-8,10-11,16H,3-6,9,12-13H2,1-2H3. The Hall–Kier alpha value is -0.820. The van der Waals surface area contributed by atoms with E-state index in [1.54, 1.807) is 0 Å². The van der Waals surface area contributed by atoms with Crippen molar-refractivity contribution in [3.8, 4) is 0 Å². The van der Waals surface area contributed by atoms with Crippen molar-refractivity contribution in [2.45, 2.75) is 52.5 Å². The molecule has 1 nitrogen and oxygen atoms in total. The molecule has 1 N–H and O–H groups in total. The average Bonchev–Trinajstić information content (AvgIpc) is 2.34. The minimum absolute atomic E-state index is 1.02. The molecule has 0 aliphatic carbocycles. The van der Waals surface area contributed by atoms with Gasteiger partial charge in [0.2, 0.25) is 0 Å². The summed E-state index contributed by atoms with van der Waals surface area (Å²) in [6.45, 7) is 6.65. The molecule has 0 spiro atoms. The van der Waals surface area contributed by atoms with Crippen molar-refractivity contribution in [3.05, 3.63) is 35.4 Å². The fourth-order valence-electron chi connectivity index (χ4n) is 1.97. The molecule has 0 aliphatic heterocycles. The number of benzene rings is 1. The summed E-state index contributed by atoms with van der Waals surface area (Å²) in [6.07, 6.45) is 6.49. The van der Waals surface area contributed by atoms with E-state index in [2.05, 4.69) is 43.4 Å². The Morgan fingerprint density at radius 2 is 1.69 bits per heavy atom. The van der Waals surface area contributed by atoms with Gasteiger partial charge in [-0.3, -0.25) is 0 Å². The van der Waals surface area contributed by atoms with E-state index in [-0.39, 0.29) is 0 Å². The zero-order valence-corrected chi connectivity index (χ0v) is 10.8. The number of hydrogen-bond acceptors (Lipinski definition) is 1. The molecule has 0 bridgehead atoms. The lowest BCUT2D eigenvalue weighted by atomic mass is 10.1. The lowest BCUT2D eigenvalue weighted by Crippen LogP contribution is -2.15. The van der Waals surface area contributed by atoms with Crippen molar-refractivity contribution < 1.29 is 0 Å². The first-order valence-electron chi connectivity index (χ1n) is 6.66. The van der Waals surface area contributed by atoms with Gasteiger partial charge in [0.1, 0.15) is 0 Å². The molecule has 0 amide bonds. The maximum atomic E-state index is 3.54. The number of hydrogen-bond donors (Lipinski definition) is 1. The van der Waals surface area contributed by atoms with Gasteiger partial charge in [0.15, 0.2) is 0 Å². The molecule has 16 heavy (non-hydrogen) atoms. The van der Waals surface area contributed by atoms with E-state index in [4.69, 9.17) is 0 Å². The minimum atomic E-state index is 1.02. The van der Waals surface area contributed by atoms with Gasteiger partial charge in [0.25, 0.3) is 0 Å². The minimum Gasteiger partial charge on any atom is -0.313 e. The van der Waals surface area contributed by atoms with Crippen LogP contribution in [0.2, 0.25) is 0 Å². The van der Waals surface area contributed by atoms with Crippen LogP contribution in [-0.2, 0) is 13.0 Å². The van der Waals surface area contributed by atoms with Crippen LogP contribution in [0.5, 0.6) is 0 Å². The normalized spacial score (nSPS) is 10.6. The zero-order chi connectivity index (χ0) is 11.6. The maximum absolute atomic E-state index is 3.54. The molecular formula is C15H25N. The molecule has 0 saturated heterocycles. The van der Waals surface area contributed by atoms with Crippen molar-refractivity contribution in [2.24, 2.45) is 0 Å². The molecule has 1 aromatic carbocycles. The van der Waals surface area contributed by atoms with Crippen molar-refractivity contribution >= 4 is 0 Å². The average molecular weight is 219 g/mol. The van der Waals surface area contributed by atoms with Crippen LogP contribution in [0.25, 0.3) is 0 Å². The van der Waals surface area contributed by atoms with Gasteiger partial charge >= 0.3 is 0 Å². The van der Waals surface area contributed by atoms with Gasteiger partial charge in [-0.25, -0.2) is 0 Å². The van der Waals surface area contributed by atoms with Crippen molar-refractivity contribution in [1.29, 1.82) is 0 Å². The van der Waals surface area contributed by atoms with Crippen LogP contribution in [0, 0.1) is 0 Å². The summed E-state index contributed by atoms with van der Waals surface area (Å²) < 4.78 is 0. The van der Waals surface area contributed by atoms with Crippen LogP contribution in [0.15, 0.2) is 24.3 Å². The van der Waals surface area contributed by atoms with E-state index in [1.165, 1.54) is 36.8 Å². The van der Waals surface area contributed by atoms with Gasteiger partial charge in [-0.1, -0.05) is 57.4 Å². The van der Waals surface area contributed by atoms with Crippen molar-refractivity contribution in [2.75, 3.05) is 6.54 Å². The highest BCUT2D eigenvalue weighted by atomic mass is 14.8. The summed E-state index contributed by atoms with van der Waals surface area (Å²) in [6, 6.07) is 8.73. The van der Waals surface area contributed by atoms with Crippen LogP contribution in [-0.4, -0.2) is 6.54 Å². The molecule has 1 rings (SSSR count). The first kappa shape index (κ1) is 13.2. The van der Waals surface area contributed by atoms with Crippen LogP contribution < -0.4 is 5.32 Å². The zero-order valence-electron chi connectivity index (χ0n) is 10.8. The lowest BCUT2D eigenvalue weighted by molar-refractivity contribution is 0.597. The SMILES string of the molecule is CCCCCCNCc1ccccc1CC. The summed E-state index contributed by atoms with van der Waals surface area (Å²) in [5, 5.41) is 3.54. The summed E-state index contributed by atoms with van der Waals surface area (Å²) in [4.78, 5) is 0. The molecular weight excluding hydrogens is 194 g/mol. The van der Waals surface area contributed by atoms with E-state index in [1.807, 2.05) is 0 Å². The molecule has 0 heterocycles. The molecule has 1 heteroatoms. The van der Waals surface area contributed by atoms with Crippen molar-refractivity contribution in [1.82, 2.24) is 5.32 Å². The second kappa shape index (κ2) is 8.35. The van der Waals surface area contributed by atoms with E-state index >= 15 is 0 Å². The topological polar surface area (TPSA) is 12.0 Å². The largest absolute Gasteiger partial charge is 0.313 e. The molecule has 0 aliphatic rings. The summed E-state index contributed by atoms with van der Waals surface area (Å²) in [7, 11) is 0. The van der Waals surface area contributed by atoms with Crippen LogP contribution in [0.4, 0.5) is 0 Å². The first-order valence-corrected chi connectivity index (χ1v) is 6.66. The molecule has 0 aromatic heterocycles. The molecule has 0 atom stereocenters. The third kappa shape index (κ3) is 4.80. The second-order valence-corrected chi connectivity index (χ2v) is 4.36. The molecule has 90 valence electrons. The van der Waals surface area contributed by atoms with E-state index in [9.17, 15) is 0 Å². The summed E-state index contributed by atoms with van der Waals surface area (Å²) >= 11 is 0. The number of rotatable bonds is 8. The number of aryl methyl sites for hydroxylation is 1. The Balaban J connectivity index is 2.21. The smallest absolute Gasteiger partial charge is 0.0208 e. The van der Waals surface area contributed by atoms with Crippen molar-refractivity contribution in [3.63, 3.8) is 0 Å².